The number of ether oxygens (including phenoxy) is 1. The summed E-state index contributed by atoms with van der Waals surface area (Å²) in [6.45, 7) is 7.48. The van der Waals surface area contributed by atoms with E-state index in [4.69, 9.17) is 4.74 Å². The summed E-state index contributed by atoms with van der Waals surface area (Å²) in [5.41, 5.74) is 3.05. The van der Waals surface area contributed by atoms with Crippen LogP contribution in [-0.2, 0) is 17.9 Å². The number of guanidine groups is 1. The third kappa shape index (κ3) is 5.95. The van der Waals surface area contributed by atoms with Gasteiger partial charge < -0.3 is 20.3 Å². The molecule has 0 aliphatic carbocycles. The molecule has 0 unspecified atom stereocenters. The van der Waals surface area contributed by atoms with Crippen LogP contribution in [0.25, 0.3) is 0 Å². The van der Waals surface area contributed by atoms with Crippen molar-refractivity contribution in [1.82, 2.24) is 15.6 Å². The topological polar surface area (TPSA) is 78.8 Å². The molecule has 30 heavy (non-hydrogen) atoms. The van der Waals surface area contributed by atoms with Gasteiger partial charge in [0.15, 0.2) is 5.96 Å². The fraction of sp³-hybridized carbons (Fsp3) is 0.435. The summed E-state index contributed by atoms with van der Waals surface area (Å²) in [7, 11) is 0. The molecule has 160 valence electrons. The van der Waals surface area contributed by atoms with E-state index in [1.165, 1.54) is 0 Å². The van der Waals surface area contributed by atoms with Crippen LogP contribution >= 0.6 is 0 Å². The zero-order chi connectivity index (χ0) is 21.2. The number of hydrogen-bond donors (Lipinski definition) is 2. The maximum atomic E-state index is 11.9. The molecule has 2 aromatic rings. The number of anilines is 1. The zero-order valence-electron chi connectivity index (χ0n) is 17.9. The summed E-state index contributed by atoms with van der Waals surface area (Å²) in [6.07, 6.45) is 4.27. The molecule has 0 spiro atoms. The molecule has 3 rings (SSSR count). The average Bonchev–Trinajstić information content (AvgIpc) is 3.21. The second kappa shape index (κ2) is 11.2. The van der Waals surface area contributed by atoms with Crippen LogP contribution in [0.1, 0.15) is 44.2 Å². The number of aliphatic imine (C=N–C) groups is 1. The lowest BCUT2D eigenvalue weighted by Crippen LogP contribution is -2.36. The Morgan fingerprint density at radius 2 is 2.03 bits per heavy atom. The highest BCUT2D eigenvalue weighted by atomic mass is 16.5. The van der Waals surface area contributed by atoms with Gasteiger partial charge in [-0.2, -0.15) is 0 Å². The first-order chi connectivity index (χ1) is 14.7. The maximum absolute atomic E-state index is 11.9. The summed E-state index contributed by atoms with van der Waals surface area (Å²) < 4.78 is 5.73. The highest BCUT2D eigenvalue weighted by molar-refractivity contribution is 5.95. The molecule has 1 aliphatic rings. The number of pyridine rings is 1. The van der Waals surface area contributed by atoms with E-state index in [0.717, 1.165) is 48.7 Å². The van der Waals surface area contributed by atoms with Gasteiger partial charge in [-0.3, -0.25) is 4.79 Å². The summed E-state index contributed by atoms with van der Waals surface area (Å²) in [4.78, 5) is 22.8. The Labute approximate surface area is 178 Å². The largest absolute Gasteiger partial charge is 0.477 e. The Kier molecular flexibility index (Phi) is 8.06. The lowest BCUT2D eigenvalue weighted by atomic mass is 10.2. The Hall–Kier alpha value is -3.09. The van der Waals surface area contributed by atoms with E-state index < -0.39 is 0 Å². The summed E-state index contributed by atoms with van der Waals surface area (Å²) in [5, 5.41) is 6.62. The lowest BCUT2D eigenvalue weighted by Gasteiger charge is -2.16. The fourth-order valence-corrected chi connectivity index (χ4v) is 3.28. The van der Waals surface area contributed by atoms with Crippen molar-refractivity contribution >= 4 is 17.6 Å². The molecule has 0 radical (unpaired) electrons. The molecule has 7 nitrogen and oxygen atoms in total. The quantitative estimate of drug-likeness (QED) is 0.491. The second-order valence-electron chi connectivity index (χ2n) is 7.18. The van der Waals surface area contributed by atoms with Crippen LogP contribution < -0.4 is 20.3 Å². The Morgan fingerprint density at radius 3 is 2.73 bits per heavy atom. The molecule has 0 saturated carbocycles. The molecule has 1 aliphatic heterocycles. The molecule has 2 N–H and O–H groups in total. The highest BCUT2D eigenvalue weighted by Gasteiger charge is 2.21. The molecular weight excluding hydrogens is 378 g/mol. The summed E-state index contributed by atoms with van der Waals surface area (Å²) >= 11 is 0. The molecule has 1 aromatic heterocycles. The van der Waals surface area contributed by atoms with Crippen molar-refractivity contribution < 1.29 is 9.53 Å². The number of nitrogens with zero attached hydrogens (tertiary/aromatic N) is 3. The summed E-state index contributed by atoms with van der Waals surface area (Å²) in [6, 6.07) is 12.0. The maximum Gasteiger partial charge on any atom is 0.227 e. The number of carbonyl (C=O) groups is 1. The van der Waals surface area contributed by atoms with E-state index in [-0.39, 0.29) is 5.91 Å². The van der Waals surface area contributed by atoms with Crippen molar-refractivity contribution in [1.29, 1.82) is 0 Å². The van der Waals surface area contributed by atoms with Crippen LogP contribution in [0.5, 0.6) is 5.88 Å². The summed E-state index contributed by atoms with van der Waals surface area (Å²) in [5.74, 6) is 1.61. The van der Waals surface area contributed by atoms with E-state index in [1.54, 1.807) is 6.20 Å². The number of rotatable bonds is 9. The highest BCUT2D eigenvalue weighted by Crippen LogP contribution is 2.21. The van der Waals surface area contributed by atoms with Crippen molar-refractivity contribution in [3.8, 4) is 5.88 Å². The predicted molar refractivity (Wildman–Crippen MR) is 120 cm³/mol. The molecule has 0 atom stereocenters. The van der Waals surface area contributed by atoms with Gasteiger partial charge in [-0.25, -0.2) is 9.98 Å². The lowest BCUT2D eigenvalue weighted by molar-refractivity contribution is -0.117. The van der Waals surface area contributed by atoms with Crippen molar-refractivity contribution in [2.75, 3.05) is 24.6 Å². The van der Waals surface area contributed by atoms with Gasteiger partial charge in [-0.15, -0.1) is 0 Å². The third-order valence-corrected chi connectivity index (χ3v) is 4.82. The standard InChI is InChI=1S/C23H31N5O2/c1-3-15-30-22-19(7-5-13-25-22)17-27-23(24-4-2)26-16-18-9-11-20(12-10-18)28-14-6-8-21(28)29/h5,7,9-13H,3-4,6,8,14-17H2,1-2H3,(H2,24,26,27). The minimum atomic E-state index is 0.206. The van der Waals surface area contributed by atoms with Crippen molar-refractivity contribution in [3.63, 3.8) is 0 Å². The Balaban J connectivity index is 1.60. The van der Waals surface area contributed by atoms with E-state index in [2.05, 4.69) is 27.5 Å². The number of aromatic nitrogens is 1. The molecule has 2 heterocycles. The van der Waals surface area contributed by atoms with Crippen LogP contribution in [0.4, 0.5) is 5.69 Å². The minimum Gasteiger partial charge on any atom is -0.477 e. The Morgan fingerprint density at radius 1 is 1.20 bits per heavy atom. The monoisotopic (exact) mass is 409 g/mol. The van der Waals surface area contributed by atoms with Crippen LogP contribution in [0.15, 0.2) is 47.6 Å². The van der Waals surface area contributed by atoms with E-state index in [1.807, 2.05) is 48.2 Å². The van der Waals surface area contributed by atoms with Gasteiger partial charge in [0.25, 0.3) is 0 Å². The average molecular weight is 410 g/mol. The smallest absolute Gasteiger partial charge is 0.227 e. The van der Waals surface area contributed by atoms with Gasteiger partial charge >= 0.3 is 0 Å². The molecule has 1 fully saturated rings. The van der Waals surface area contributed by atoms with Crippen LogP contribution in [-0.4, -0.2) is 36.5 Å². The SMILES string of the molecule is CCCOc1ncccc1CNC(=NCc1ccc(N2CCCC2=O)cc1)NCC. The van der Waals surface area contributed by atoms with Gasteiger partial charge in [-0.1, -0.05) is 25.1 Å². The predicted octanol–water partition coefficient (Wildman–Crippen LogP) is 3.25. The van der Waals surface area contributed by atoms with Crippen LogP contribution in [0, 0.1) is 0 Å². The molecule has 0 bridgehead atoms. The van der Waals surface area contributed by atoms with Gasteiger partial charge in [0.1, 0.15) is 0 Å². The number of benzene rings is 1. The molecule has 7 heteroatoms. The first-order valence-electron chi connectivity index (χ1n) is 10.7. The molecule has 1 amide bonds. The van der Waals surface area contributed by atoms with E-state index in [9.17, 15) is 4.79 Å². The molecular formula is C23H31N5O2. The van der Waals surface area contributed by atoms with E-state index in [0.29, 0.717) is 32.0 Å². The minimum absolute atomic E-state index is 0.206. The first-order valence-corrected chi connectivity index (χ1v) is 10.7. The van der Waals surface area contributed by atoms with Gasteiger partial charge in [-0.05, 0) is 43.5 Å². The Bertz CT molecular complexity index is 851. The number of amides is 1. The number of carbonyl (C=O) groups excluding carboxylic acids is 1. The van der Waals surface area contributed by atoms with Gasteiger partial charge in [0.2, 0.25) is 11.8 Å². The van der Waals surface area contributed by atoms with Crippen molar-refractivity contribution in [2.45, 2.75) is 46.2 Å². The van der Waals surface area contributed by atoms with Crippen molar-refractivity contribution in [2.24, 2.45) is 4.99 Å². The van der Waals surface area contributed by atoms with E-state index >= 15 is 0 Å². The zero-order valence-corrected chi connectivity index (χ0v) is 17.9. The number of hydrogen-bond acceptors (Lipinski definition) is 4. The molecule has 1 aromatic carbocycles. The normalized spacial score (nSPS) is 14.1. The number of nitrogens with one attached hydrogen (secondary N) is 2. The first kappa shape index (κ1) is 21.6. The van der Waals surface area contributed by atoms with Crippen LogP contribution in [0.3, 0.4) is 0 Å². The third-order valence-electron chi connectivity index (χ3n) is 4.82. The second-order valence-corrected chi connectivity index (χ2v) is 7.18. The van der Waals surface area contributed by atoms with Crippen molar-refractivity contribution in [3.05, 3.63) is 53.7 Å². The fourth-order valence-electron chi connectivity index (χ4n) is 3.28. The van der Waals surface area contributed by atoms with Gasteiger partial charge in [0.05, 0.1) is 13.2 Å². The molecule has 1 saturated heterocycles. The van der Waals surface area contributed by atoms with Crippen LogP contribution in [0.2, 0.25) is 0 Å². The van der Waals surface area contributed by atoms with Gasteiger partial charge in [0, 0.05) is 43.5 Å².